The molecule has 0 spiro atoms. The normalized spacial score (nSPS) is 12.3. The topological polar surface area (TPSA) is 0 Å². The molecule has 0 unspecified atom stereocenters. The number of hydrogen-bond donors (Lipinski definition) is 0. The fourth-order valence-corrected chi connectivity index (χ4v) is 6.31. The third-order valence-corrected chi connectivity index (χ3v) is 8.78. The van der Waals surface area contributed by atoms with Crippen LogP contribution in [0.25, 0.3) is 43.8 Å². The third-order valence-electron chi connectivity index (χ3n) is 6.98. The van der Waals surface area contributed by atoms with E-state index >= 15 is 0 Å². The van der Waals surface area contributed by atoms with Gasteiger partial charge in [-0.05, 0) is 11.1 Å². The Bertz CT molecular complexity index is 1440. The van der Waals surface area contributed by atoms with E-state index in [-0.39, 0.29) is 24.8 Å². The molecule has 0 atom stereocenters. The molecule has 0 N–H and O–H groups in total. The Labute approximate surface area is 259 Å². The van der Waals surface area contributed by atoms with Gasteiger partial charge in [-0.3, -0.25) is 0 Å². The molecule has 0 radical (unpaired) electrons. The van der Waals surface area contributed by atoms with E-state index in [1.54, 1.807) is 0 Å². The summed E-state index contributed by atoms with van der Waals surface area (Å²) < 4.78 is 1.85. The van der Waals surface area contributed by atoms with Crippen molar-refractivity contribution in [1.82, 2.24) is 0 Å². The molecule has 0 amide bonds. The maximum atomic E-state index is 2.18. The van der Waals surface area contributed by atoms with E-state index in [0.717, 1.165) is 0 Å². The molecule has 0 aromatic heterocycles. The third kappa shape index (κ3) is 8.21. The Morgan fingerprint density at radius 3 is 1.28 bits per heavy atom. The standard InChI is InChI=1S/2C15H11.C6H10.2ClH.Hf/c2*1-2-6-12(7-3-1)14-10-4-8-13-9-5-11-15(13)14;1-2-4-6-5-3-1;;;/h2*1-11H;1-5H2;2*1H;/q2*-1;;;;+2. The summed E-state index contributed by atoms with van der Waals surface area (Å²) in [5.41, 5.74) is 5.21. The quantitative estimate of drug-likeness (QED) is 0.124. The van der Waals surface area contributed by atoms with Crippen LogP contribution in [0.4, 0.5) is 0 Å². The average molecular weight is 716 g/mol. The van der Waals surface area contributed by atoms with E-state index in [4.69, 9.17) is 0 Å². The summed E-state index contributed by atoms with van der Waals surface area (Å²) in [4.78, 5) is 0. The summed E-state index contributed by atoms with van der Waals surface area (Å²) in [6.07, 6.45) is 7.39. The van der Waals surface area contributed by atoms with Crippen LogP contribution < -0.4 is 0 Å². The zero-order valence-corrected chi connectivity index (χ0v) is 27.3. The van der Waals surface area contributed by atoms with E-state index in [9.17, 15) is 0 Å². The first-order valence-corrected chi connectivity index (χ1v) is 15.1. The van der Waals surface area contributed by atoms with Gasteiger partial charge in [-0.15, -0.1) is 82.8 Å². The first-order chi connectivity index (χ1) is 18.3. The van der Waals surface area contributed by atoms with Crippen molar-refractivity contribution in [3.8, 4) is 22.3 Å². The Kier molecular flexibility index (Phi) is 12.6. The van der Waals surface area contributed by atoms with Crippen molar-refractivity contribution in [3.63, 3.8) is 0 Å². The number of fused-ring (bicyclic) bond motifs is 2. The molecule has 0 nitrogen and oxygen atoms in total. The van der Waals surface area contributed by atoms with E-state index in [0.29, 0.717) is 0 Å². The van der Waals surface area contributed by atoms with Crippen LogP contribution in [0.1, 0.15) is 32.1 Å². The SMILES string of the molecule is Cl.Cl.[Hf+2]=[C]1CCCCC1.c1ccc(-c2cccc3[cH-]ccc23)cc1.c1ccc(-c2cccc3[cH-]ccc23)cc1. The molecule has 39 heavy (non-hydrogen) atoms. The van der Waals surface area contributed by atoms with Gasteiger partial charge in [-0.2, -0.15) is 24.3 Å². The minimum atomic E-state index is 0. The maximum Gasteiger partial charge on any atom is -0.0279 e. The fourth-order valence-electron chi connectivity index (χ4n) is 5.04. The molecule has 196 valence electrons. The van der Waals surface area contributed by atoms with Gasteiger partial charge in [0, 0.05) is 0 Å². The molecule has 0 aliphatic heterocycles. The van der Waals surface area contributed by atoms with E-state index < -0.39 is 0 Å². The van der Waals surface area contributed by atoms with Crippen LogP contribution in [-0.2, 0) is 23.9 Å². The zero-order valence-electron chi connectivity index (χ0n) is 22.1. The van der Waals surface area contributed by atoms with Gasteiger partial charge >= 0.3 is 59.3 Å². The van der Waals surface area contributed by atoms with Crippen LogP contribution in [-0.4, -0.2) is 3.26 Å². The minimum Gasteiger partial charge on any atom is -0.168 e. The summed E-state index contributed by atoms with van der Waals surface area (Å²) in [5, 5.41) is 5.31. The Balaban J connectivity index is 0.000000168. The molecule has 1 aliphatic carbocycles. The molecule has 0 heterocycles. The van der Waals surface area contributed by atoms with Crippen molar-refractivity contribution in [2.45, 2.75) is 32.1 Å². The first kappa shape index (κ1) is 31.0. The van der Waals surface area contributed by atoms with Gasteiger partial charge in [0.1, 0.15) is 0 Å². The van der Waals surface area contributed by atoms with Gasteiger partial charge in [0.05, 0.1) is 0 Å². The Hall–Kier alpha value is -2.58. The van der Waals surface area contributed by atoms with Crippen molar-refractivity contribution in [2.24, 2.45) is 0 Å². The van der Waals surface area contributed by atoms with E-state index in [2.05, 4.69) is 133 Å². The molecule has 0 bridgehead atoms. The smallest absolute Gasteiger partial charge is 0.0279 e. The number of hydrogen-bond acceptors (Lipinski definition) is 0. The van der Waals surface area contributed by atoms with Gasteiger partial charge in [-0.25, -0.2) is 0 Å². The summed E-state index contributed by atoms with van der Waals surface area (Å²) in [6, 6.07) is 46.8. The first-order valence-electron chi connectivity index (χ1n) is 13.3. The van der Waals surface area contributed by atoms with Crippen LogP contribution >= 0.6 is 24.8 Å². The number of rotatable bonds is 2. The van der Waals surface area contributed by atoms with Crippen LogP contribution in [0.15, 0.2) is 133 Å². The predicted molar refractivity (Wildman–Crippen MR) is 173 cm³/mol. The second-order valence-electron chi connectivity index (χ2n) is 9.56. The van der Waals surface area contributed by atoms with Gasteiger partial charge in [0.2, 0.25) is 0 Å². The number of benzene rings is 4. The summed E-state index contributed by atoms with van der Waals surface area (Å²) in [6.45, 7) is 0. The van der Waals surface area contributed by atoms with Gasteiger partial charge < -0.3 is 0 Å². The van der Waals surface area contributed by atoms with Gasteiger partial charge in [0.25, 0.3) is 0 Å². The average Bonchev–Trinajstić information content (AvgIpc) is 3.65. The number of halogens is 2. The maximum absolute atomic E-state index is 2.18. The van der Waals surface area contributed by atoms with Crippen LogP contribution in [0.3, 0.4) is 0 Å². The molecule has 6 aromatic carbocycles. The van der Waals surface area contributed by atoms with Crippen LogP contribution in [0, 0.1) is 0 Å². The van der Waals surface area contributed by atoms with Crippen LogP contribution in [0.2, 0.25) is 0 Å². The predicted octanol–water partition coefficient (Wildman–Crippen LogP) is 11.0. The van der Waals surface area contributed by atoms with Gasteiger partial charge in [-0.1, -0.05) is 83.9 Å². The molecule has 7 rings (SSSR count). The molecule has 1 aliphatic rings. The van der Waals surface area contributed by atoms with Crippen molar-refractivity contribution >= 4 is 49.6 Å². The zero-order chi connectivity index (χ0) is 25.3. The fraction of sp³-hybridized carbons (Fsp3) is 0.139. The Morgan fingerprint density at radius 2 is 0.897 bits per heavy atom. The van der Waals surface area contributed by atoms with Gasteiger partial charge in [0.15, 0.2) is 0 Å². The van der Waals surface area contributed by atoms with Crippen molar-refractivity contribution in [2.75, 3.05) is 0 Å². The monoisotopic (exact) mass is 716 g/mol. The molecule has 1 fully saturated rings. The van der Waals surface area contributed by atoms with Crippen LogP contribution in [0.5, 0.6) is 0 Å². The second kappa shape index (κ2) is 15.9. The summed E-state index contributed by atoms with van der Waals surface area (Å²) >= 11 is 1.37. The molecule has 6 aromatic rings. The molecular weight excluding hydrogens is 682 g/mol. The van der Waals surface area contributed by atoms with Crippen molar-refractivity contribution in [1.29, 1.82) is 0 Å². The second-order valence-corrected chi connectivity index (χ2v) is 12.1. The summed E-state index contributed by atoms with van der Waals surface area (Å²) in [5.74, 6) is 0. The van der Waals surface area contributed by atoms with Crippen molar-refractivity contribution < 1.29 is 23.9 Å². The molecule has 0 saturated heterocycles. The molecule has 1 saturated carbocycles. The minimum absolute atomic E-state index is 0. The molecular formula is C36H34Cl2Hf. The van der Waals surface area contributed by atoms with Crippen molar-refractivity contribution in [3.05, 3.63) is 133 Å². The van der Waals surface area contributed by atoms with E-state index in [1.165, 1.54) is 99.8 Å². The Morgan fingerprint density at radius 1 is 0.462 bits per heavy atom. The molecule has 3 heteroatoms. The largest absolute Gasteiger partial charge is 0.168 e. The summed E-state index contributed by atoms with van der Waals surface area (Å²) in [7, 11) is 0. The van der Waals surface area contributed by atoms with E-state index in [1.807, 2.05) is 3.26 Å².